The van der Waals surface area contributed by atoms with Crippen LogP contribution in [0.4, 0.5) is 0 Å². The summed E-state index contributed by atoms with van der Waals surface area (Å²) in [5.74, 6) is 0. The molecule has 0 saturated carbocycles. The minimum Gasteiger partial charge on any atom is -0.264 e. The Morgan fingerprint density at radius 2 is 2.25 bits per heavy atom. The van der Waals surface area contributed by atoms with E-state index in [4.69, 9.17) is 0 Å². The number of aliphatic imine (C=N–C) groups is 1. The number of thiol groups is 1. The van der Waals surface area contributed by atoms with E-state index in [9.17, 15) is 0 Å². The van der Waals surface area contributed by atoms with Gasteiger partial charge in [0.1, 0.15) is 0 Å². The minimum atomic E-state index is 0.991. The van der Waals surface area contributed by atoms with Crippen molar-refractivity contribution in [3.05, 3.63) is 35.4 Å². The molecule has 0 atom stereocenters. The van der Waals surface area contributed by atoms with Crippen LogP contribution in [0, 0.1) is 0 Å². The zero-order valence-corrected chi connectivity index (χ0v) is 7.98. The van der Waals surface area contributed by atoms with Crippen LogP contribution in [0.25, 0.3) is 0 Å². The first-order chi connectivity index (χ1) is 5.86. The third-order valence-electron chi connectivity index (χ3n) is 1.55. The molecule has 0 aliphatic carbocycles. The van der Waals surface area contributed by atoms with Crippen LogP contribution in [0.5, 0.6) is 0 Å². The van der Waals surface area contributed by atoms with Crippen molar-refractivity contribution in [2.75, 3.05) is 0 Å². The molecule has 12 heavy (non-hydrogen) atoms. The smallest absolute Gasteiger partial charge is 0.0351 e. The lowest BCUT2D eigenvalue weighted by molar-refractivity contribution is 1.33. The summed E-state index contributed by atoms with van der Waals surface area (Å²) in [6.07, 6.45) is 3.65. The molecule has 0 N–H and O–H groups in total. The van der Waals surface area contributed by atoms with Gasteiger partial charge in [-0.1, -0.05) is 17.8 Å². The molecule has 0 radical (unpaired) electrons. The number of hydrogen-bond acceptors (Lipinski definition) is 3. The average Bonchev–Trinajstić information content (AvgIpc) is 2.28. The van der Waals surface area contributed by atoms with Crippen molar-refractivity contribution in [2.45, 2.75) is 9.79 Å². The van der Waals surface area contributed by atoms with E-state index in [0.29, 0.717) is 0 Å². The van der Waals surface area contributed by atoms with Crippen LogP contribution < -0.4 is 0 Å². The van der Waals surface area contributed by atoms with Crippen molar-refractivity contribution < 1.29 is 0 Å². The number of fused-ring (bicyclic) bond motifs is 1. The molecule has 0 aromatic heterocycles. The van der Waals surface area contributed by atoms with Gasteiger partial charge in [-0.15, -0.1) is 12.6 Å². The van der Waals surface area contributed by atoms with Crippen LogP contribution in [-0.4, -0.2) is 6.21 Å². The summed E-state index contributed by atoms with van der Waals surface area (Å²) < 4.78 is 0. The molecule has 1 aliphatic rings. The Morgan fingerprint density at radius 1 is 1.33 bits per heavy atom. The first-order valence-corrected chi connectivity index (χ1v) is 4.87. The summed E-state index contributed by atoms with van der Waals surface area (Å²) in [5, 5.41) is 1.97. The molecule has 0 spiro atoms. The summed E-state index contributed by atoms with van der Waals surface area (Å²) >= 11 is 5.94. The Hall–Kier alpha value is -0.670. The molecular formula is C9H7NS2. The average molecular weight is 193 g/mol. The quantitative estimate of drug-likeness (QED) is 0.625. The SMILES string of the molecule is Sc1ccc2c(c1)SC=CN=C2. The number of thioether (sulfide) groups is 1. The van der Waals surface area contributed by atoms with Crippen LogP contribution in [0.1, 0.15) is 5.56 Å². The zero-order valence-electron chi connectivity index (χ0n) is 6.27. The molecule has 0 saturated heterocycles. The van der Waals surface area contributed by atoms with Crippen molar-refractivity contribution in [3.63, 3.8) is 0 Å². The Morgan fingerprint density at radius 3 is 3.17 bits per heavy atom. The van der Waals surface area contributed by atoms with Gasteiger partial charge < -0.3 is 0 Å². The highest BCUT2D eigenvalue weighted by Gasteiger charge is 2.01. The Kier molecular flexibility index (Phi) is 2.23. The monoisotopic (exact) mass is 193 g/mol. The fourth-order valence-corrected chi connectivity index (χ4v) is 2.01. The number of benzene rings is 1. The second kappa shape index (κ2) is 3.37. The molecule has 0 unspecified atom stereocenters. The Bertz CT molecular complexity index is 356. The molecule has 60 valence electrons. The lowest BCUT2D eigenvalue weighted by atomic mass is 10.2. The first kappa shape index (κ1) is 7.95. The van der Waals surface area contributed by atoms with Crippen molar-refractivity contribution in [2.24, 2.45) is 4.99 Å². The summed E-state index contributed by atoms with van der Waals surface area (Å²) in [7, 11) is 0. The summed E-state index contributed by atoms with van der Waals surface area (Å²) in [5.41, 5.74) is 1.16. The van der Waals surface area contributed by atoms with Crippen molar-refractivity contribution in [1.82, 2.24) is 0 Å². The standard InChI is InChI=1S/C9H7NS2/c11-8-2-1-7-6-10-3-4-12-9(7)5-8/h1-6,11H. The van der Waals surface area contributed by atoms with E-state index in [1.54, 1.807) is 18.0 Å². The van der Waals surface area contributed by atoms with Crippen molar-refractivity contribution >= 4 is 30.6 Å². The van der Waals surface area contributed by atoms with E-state index in [2.05, 4.69) is 17.6 Å². The second-order valence-corrected chi connectivity index (χ2v) is 3.87. The third kappa shape index (κ3) is 1.57. The first-order valence-electron chi connectivity index (χ1n) is 3.54. The van der Waals surface area contributed by atoms with Gasteiger partial charge in [0.15, 0.2) is 0 Å². The Balaban J connectivity index is 2.53. The van der Waals surface area contributed by atoms with Gasteiger partial charge in [0, 0.05) is 27.8 Å². The highest BCUT2D eigenvalue weighted by molar-refractivity contribution is 8.02. The van der Waals surface area contributed by atoms with Crippen molar-refractivity contribution in [1.29, 1.82) is 0 Å². The molecule has 1 nitrogen and oxygen atoms in total. The Labute approximate surface area is 81.0 Å². The van der Waals surface area contributed by atoms with Gasteiger partial charge >= 0.3 is 0 Å². The predicted molar refractivity (Wildman–Crippen MR) is 56.3 cm³/mol. The maximum Gasteiger partial charge on any atom is 0.0351 e. The van der Waals surface area contributed by atoms with Gasteiger partial charge in [0.2, 0.25) is 0 Å². The lowest BCUT2D eigenvalue weighted by Gasteiger charge is -2.00. The molecule has 0 amide bonds. The third-order valence-corrected chi connectivity index (χ3v) is 2.70. The second-order valence-electron chi connectivity index (χ2n) is 2.40. The molecule has 1 aliphatic heterocycles. The number of hydrogen-bond donors (Lipinski definition) is 1. The topological polar surface area (TPSA) is 12.4 Å². The molecule has 3 heteroatoms. The largest absolute Gasteiger partial charge is 0.264 e. The highest BCUT2D eigenvalue weighted by Crippen LogP contribution is 2.26. The van der Waals surface area contributed by atoms with Crippen LogP contribution in [0.2, 0.25) is 0 Å². The maximum atomic E-state index is 4.27. The van der Waals surface area contributed by atoms with Gasteiger partial charge in [0.05, 0.1) is 0 Å². The maximum absolute atomic E-state index is 4.27. The van der Waals surface area contributed by atoms with E-state index < -0.39 is 0 Å². The van der Waals surface area contributed by atoms with E-state index >= 15 is 0 Å². The fourth-order valence-electron chi connectivity index (χ4n) is 0.994. The highest BCUT2D eigenvalue weighted by atomic mass is 32.2. The van der Waals surface area contributed by atoms with Gasteiger partial charge in [-0.2, -0.15) is 0 Å². The summed E-state index contributed by atoms with van der Waals surface area (Å²) in [6.45, 7) is 0. The van der Waals surface area contributed by atoms with E-state index in [1.807, 2.05) is 29.8 Å². The van der Waals surface area contributed by atoms with E-state index in [1.165, 1.54) is 4.90 Å². The molecular weight excluding hydrogens is 186 g/mol. The van der Waals surface area contributed by atoms with E-state index in [-0.39, 0.29) is 0 Å². The predicted octanol–water partition coefficient (Wildman–Crippen LogP) is 2.97. The van der Waals surface area contributed by atoms with Gasteiger partial charge in [0.25, 0.3) is 0 Å². The molecule has 1 aromatic rings. The summed E-state index contributed by atoms with van der Waals surface area (Å²) in [4.78, 5) is 6.29. The molecule has 1 aromatic carbocycles. The molecule has 2 rings (SSSR count). The fraction of sp³-hybridized carbons (Fsp3) is 0. The molecule has 0 fully saturated rings. The number of rotatable bonds is 0. The normalized spacial score (nSPS) is 14.1. The molecule has 0 bridgehead atoms. The minimum absolute atomic E-state index is 0.991. The van der Waals surface area contributed by atoms with Crippen LogP contribution in [0.15, 0.2) is 44.6 Å². The van der Waals surface area contributed by atoms with E-state index in [0.717, 1.165) is 10.5 Å². The number of nitrogens with zero attached hydrogens (tertiary/aromatic N) is 1. The molecule has 1 heterocycles. The zero-order chi connectivity index (χ0) is 8.39. The van der Waals surface area contributed by atoms with Crippen LogP contribution in [0.3, 0.4) is 0 Å². The van der Waals surface area contributed by atoms with Gasteiger partial charge in [-0.05, 0) is 17.5 Å². The lowest BCUT2D eigenvalue weighted by Crippen LogP contribution is -1.83. The van der Waals surface area contributed by atoms with Crippen LogP contribution in [-0.2, 0) is 0 Å². The van der Waals surface area contributed by atoms with Gasteiger partial charge in [-0.3, -0.25) is 4.99 Å². The van der Waals surface area contributed by atoms with Crippen LogP contribution >= 0.6 is 24.4 Å². The van der Waals surface area contributed by atoms with Crippen molar-refractivity contribution in [3.8, 4) is 0 Å². The van der Waals surface area contributed by atoms with Gasteiger partial charge in [-0.25, -0.2) is 0 Å². The summed E-state index contributed by atoms with van der Waals surface area (Å²) in [6, 6.07) is 6.05.